The van der Waals surface area contributed by atoms with E-state index >= 15 is 0 Å². The third-order valence-electron chi connectivity index (χ3n) is 3.28. The molecule has 2 N–H and O–H groups in total. The highest BCUT2D eigenvalue weighted by atomic mass is 35.5. The Bertz CT molecular complexity index is 585. The molecule has 0 saturated carbocycles. The second kappa shape index (κ2) is 5.52. The number of ether oxygens (including phenoxy) is 1. The molecular weight excluding hydrogens is 300 g/mol. The van der Waals surface area contributed by atoms with Crippen LogP contribution in [0.15, 0.2) is 17.0 Å². The monoisotopic (exact) mass is 318 g/mol. The molecule has 5 nitrogen and oxygen atoms in total. The summed E-state index contributed by atoms with van der Waals surface area (Å²) in [6.07, 6.45) is -0.251. The van der Waals surface area contributed by atoms with E-state index in [1.165, 1.54) is 10.4 Å². The fourth-order valence-electron chi connectivity index (χ4n) is 2.39. The van der Waals surface area contributed by atoms with Gasteiger partial charge in [0.25, 0.3) is 0 Å². The molecule has 1 aromatic carbocycles. The standard InChI is InChI=1S/C13H19ClN2O3S/c1-8-4-11(5-12(15)13(8)14)20(17,18)16-6-9(2)19-10(3)7-16/h4-5,9-10H,6-7,15H2,1-3H3. The molecule has 20 heavy (non-hydrogen) atoms. The summed E-state index contributed by atoms with van der Waals surface area (Å²) < 4.78 is 32.3. The van der Waals surface area contributed by atoms with Gasteiger partial charge in [-0.15, -0.1) is 0 Å². The van der Waals surface area contributed by atoms with Crippen LogP contribution in [-0.2, 0) is 14.8 Å². The van der Waals surface area contributed by atoms with E-state index in [1.807, 2.05) is 13.8 Å². The molecular formula is C13H19ClN2O3S. The van der Waals surface area contributed by atoms with Gasteiger partial charge in [-0.3, -0.25) is 0 Å². The van der Waals surface area contributed by atoms with E-state index in [4.69, 9.17) is 22.1 Å². The average Bonchev–Trinajstić information content (AvgIpc) is 2.34. The van der Waals surface area contributed by atoms with Crippen molar-refractivity contribution in [3.05, 3.63) is 22.7 Å². The van der Waals surface area contributed by atoms with Gasteiger partial charge in [-0.25, -0.2) is 8.42 Å². The van der Waals surface area contributed by atoms with E-state index < -0.39 is 10.0 Å². The summed E-state index contributed by atoms with van der Waals surface area (Å²) in [4.78, 5) is 0.179. The molecule has 1 saturated heterocycles. The van der Waals surface area contributed by atoms with Crippen LogP contribution in [0.3, 0.4) is 0 Å². The van der Waals surface area contributed by atoms with Crippen molar-refractivity contribution >= 4 is 27.3 Å². The third-order valence-corrected chi connectivity index (χ3v) is 5.61. The van der Waals surface area contributed by atoms with E-state index in [0.717, 1.165) is 0 Å². The van der Waals surface area contributed by atoms with Crippen molar-refractivity contribution in [1.29, 1.82) is 0 Å². The number of nitrogens with two attached hydrogens (primary N) is 1. The van der Waals surface area contributed by atoms with Crippen LogP contribution in [0.4, 0.5) is 5.69 Å². The SMILES string of the molecule is Cc1cc(S(=O)(=O)N2CC(C)OC(C)C2)cc(N)c1Cl. The van der Waals surface area contributed by atoms with Crippen molar-refractivity contribution in [3.63, 3.8) is 0 Å². The van der Waals surface area contributed by atoms with Crippen molar-refractivity contribution < 1.29 is 13.2 Å². The van der Waals surface area contributed by atoms with Gasteiger partial charge in [0, 0.05) is 13.1 Å². The van der Waals surface area contributed by atoms with Crippen LogP contribution in [0.25, 0.3) is 0 Å². The summed E-state index contributed by atoms with van der Waals surface area (Å²) in [5.41, 5.74) is 6.69. The van der Waals surface area contributed by atoms with E-state index in [-0.39, 0.29) is 22.8 Å². The normalized spacial score (nSPS) is 24.8. The molecule has 7 heteroatoms. The molecule has 2 unspecified atom stereocenters. The van der Waals surface area contributed by atoms with E-state index in [9.17, 15) is 8.42 Å². The molecule has 1 aliphatic rings. The van der Waals surface area contributed by atoms with E-state index in [1.54, 1.807) is 13.0 Å². The molecule has 0 bridgehead atoms. The van der Waals surface area contributed by atoms with Crippen molar-refractivity contribution in [2.24, 2.45) is 0 Å². The number of benzene rings is 1. The molecule has 1 fully saturated rings. The Kier molecular flexibility index (Phi) is 4.30. The number of hydrogen-bond donors (Lipinski definition) is 1. The molecule has 112 valence electrons. The molecule has 0 aromatic heterocycles. The first-order valence-electron chi connectivity index (χ1n) is 6.43. The molecule has 2 atom stereocenters. The van der Waals surface area contributed by atoms with Crippen LogP contribution in [0.5, 0.6) is 0 Å². The minimum atomic E-state index is -3.57. The van der Waals surface area contributed by atoms with Crippen LogP contribution in [0.2, 0.25) is 5.02 Å². The van der Waals surface area contributed by atoms with Gasteiger partial charge in [-0.05, 0) is 38.5 Å². The van der Waals surface area contributed by atoms with Gasteiger partial charge in [0.15, 0.2) is 0 Å². The number of sulfonamides is 1. The molecule has 1 aliphatic heterocycles. The maximum atomic E-state index is 12.7. The number of nitrogens with zero attached hydrogens (tertiary/aromatic N) is 1. The molecule has 0 amide bonds. The Morgan fingerprint density at radius 2 is 1.85 bits per heavy atom. The molecule has 0 aliphatic carbocycles. The second-order valence-electron chi connectivity index (χ2n) is 5.22. The molecule has 2 rings (SSSR count). The Hall–Kier alpha value is -0.820. The van der Waals surface area contributed by atoms with Crippen molar-refractivity contribution in [2.75, 3.05) is 18.8 Å². The van der Waals surface area contributed by atoms with Gasteiger partial charge in [-0.1, -0.05) is 11.6 Å². The highest BCUT2D eigenvalue weighted by Gasteiger charge is 2.32. The van der Waals surface area contributed by atoms with E-state index in [2.05, 4.69) is 0 Å². The van der Waals surface area contributed by atoms with Gasteiger partial charge in [-0.2, -0.15) is 4.31 Å². The van der Waals surface area contributed by atoms with Gasteiger partial charge < -0.3 is 10.5 Å². The summed E-state index contributed by atoms with van der Waals surface area (Å²) in [6.45, 7) is 6.14. The average molecular weight is 319 g/mol. The lowest BCUT2D eigenvalue weighted by Gasteiger charge is -2.34. The summed E-state index contributed by atoms with van der Waals surface area (Å²) in [5.74, 6) is 0. The Morgan fingerprint density at radius 3 is 2.35 bits per heavy atom. The lowest BCUT2D eigenvalue weighted by molar-refractivity contribution is -0.0440. The summed E-state index contributed by atoms with van der Waals surface area (Å²) >= 11 is 5.98. The minimum Gasteiger partial charge on any atom is -0.397 e. The Balaban J connectivity index is 2.40. The number of nitrogen functional groups attached to an aromatic ring is 1. The first kappa shape index (κ1) is 15.6. The highest BCUT2D eigenvalue weighted by molar-refractivity contribution is 7.89. The number of morpholine rings is 1. The summed E-state index contributed by atoms with van der Waals surface area (Å²) in [7, 11) is -3.57. The minimum absolute atomic E-state index is 0.126. The summed E-state index contributed by atoms with van der Waals surface area (Å²) in [6, 6.07) is 2.97. The number of anilines is 1. The highest BCUT2D eigenvalue weighted by Crippen LogP contribution is 2.29. The zero-order valence-corrected chi connectivity index (χ0v) is 13.3. The Labute approximate surface area is 124 Å². The number of aryl methyl sites for hydroxylation is 1. The molecule has 0 radical (unpaired) electrons. The lowest BCUT2D eigenvalue weighted by atomic mass is 10.2. The maximum Gasteiger partial charge on any atom is 0.243 e. The number of rotatable bonds is 2. The predicted octanol–water partition coefficient (Wildman–Crippen LogP) is 2.03. The molecule has 1 aromatic rings. The fourth-order valence-corrected chi connectivity index (χ4v) is 4.21. The van der Waals surface area contributed by atoms with Crippen LogP contribution in [0.1, 0.15) is 19.4 Å². The van der Waals surface area contributed by atoms with Crippen LogP contribution in [-0.4, -0.2) is 38.0 Å². The van der Waals surface area contributed by atoms with Crippen molar-refractivity contribution in [2.45, 2.75) is 37.9 Å². The first-order valence-corrected chi connectivity index (χ1v) is 8.25. The number of halogens is 1. The molecule has 0 spiro atoms. The van der Waals surface area contributed by atoms with Crippen molar-refractivity contribution in [3.8, 4) is 0 Å². The van der Waals surface area contributed by atoms with Crippen LogP contribution >= 0.6 is 11.6 Å². The topological polar surface area (TPSA) is 72.6 Å². The van der Waals surface area contributed by atoms with E-state index in [0.29, 0.717) is 23.7 Å². The molecule has 1 heterocycles. The fraction of sp³-hybridized carbons (Fsp3) is 0.538. The smallest absolute Gasteiger partial charge is 0.243 e. The van der Waals surface area contributed by atoms with Gasteiger partial charge in [0.05, 0.1) is 27.8 Å². The maximum absolute atomic E-state index is 12.7. The Morgan fingerprint density at radius 1 is 1.30 bits per heavy atom. The van der Waals surface area contributed by atoms with Gasteiger partial charge >= 0.3 is 0 Å². The zero-order chi connectivity index (χ0) is 15.1. The second-order valence-corrected chi connectivity index (χ2v) is 7.54. The number of hydrogen-bond acceptors (Lipinski definition) is 4. The van der Waals surface area contributed by atoms with Gasteiger partial charge in [0.1, 0.15) is 0 Å². The first-order chi connectivity index (χ1) is 9.21. The van der Waals surface area contributed by atoms with Crippen molar-refractivity contribution in [1.82, 2.24) is 4.31 Å². The van der Waals surface area contributed by atoms with Gasteiger partial charge in [0.2, 0.25) is 10.0 Å². The lowest BCUT2D eigenvalue weighted by Crippen LogP contribution is -2.48. The largest absolute Gasteiger partial charge is 0.397 e. The predicted molar refractivity (Wildman–Crippen MR) is 79.4 cm³/mol. The summed E-state index contributed by atoms with van der Waals surface area (Å²) in [5, 5.41) is 0.396. The third kappa shape index (κ3) is 2.93. The zero-order valence-electron chi connectivity index (χ0n) is 11.8. The van der Waals surface area contributed by atoms with Crippen LogP contribution < -0.4 is 5.73 Å². The van der Waals surface area contributed by atoms with Crippen LogP contribution in [0, 0.1) is 6.92 Å². The quantitative estimate of drug-likeness (QED) is 0.847.